The van der Waals surface area contributed by atoms with E-state index >= 15 is 0 Å². The van der Waals surface area contributed by atoms with Gasteiger partial charge in [-0.15, -0.1) is 0 Å². The zero-order valence-electron chi connectivity index (χ0n) is 9.46. The van der Waals surface area contributed by atoms with Crippen molar-refractivity contribution in [1.29, 1.82) is 0 Å². The van der Waals surface area contributed by atoms with Gasteiger partial charge in [0.05, 0.1) is 13.7 Å². The highest BCUT2D eigenvalue weighted by molar-refractivity contribution is 7.98. The molecule has 0 spiro atoms. The summed E-state index contributed by atoms with van der Waals surface area (Å²) in [5.74, 6) is 2.26. The molecule has 5 heteroatoms. The van der Waals surface area contributed by atoms with Crippen LogP contribution in [-0.2, 0) is 6.54 Å². The maximum atomic E-state index is 5.95. The van der Waals surface area contributed by atoms with Crippen molar-refractivity contribution in [2.75, 3.05) is 25.7 Å². The van der Waals surface area contributed by atoms with E-state index in [0.29, 0.717) is 29.7 Å². The third-order valence-corrected chi connectivity index (χ3v) is 2.86. The molecule has 2 N–H and O–H groups in total. The van der Waals surface area contributed by atoms with Gasteiger partial charge in [0.25, 0.3) is 0 Å². The van der Waals surface area contributed by atoms with E-state index in [4.69, 9.17) is 26.8 Å². The second-order valence-corrected chi connectivity index (χ2v) is 4.56. The summed E-state index contributed by atoms with van der Waals surface area (Å²) in [6, 6.07) is 3.54. The van der Waals surface area contributed by atoms with Crippen molar-refractivity contribution >= 4 is 23.4 Å². The lowest BCUT2D eigenvalue weighted by Gasteiger charge is -2.14. The minimum absolute atomic E-state index is 0.380. The van der Waals surface area contributed by atoms with Gasteiger partial charge in [0.15, 0.2) is 11.5 Å². The van der Waals surface area contributed by atoms with Crippen LogP contribution in [0.4, 0.5) is 0 Å². The van der Waals surface area contributed by atoms with E-state index in [2.05, 4.69) is 0 Å². The number of halogens is 1. The molecular weight excluding hydrogens is 246 g/mol. The van der Waals surface area contributed by atoms with Crippen molar-refractivity contribution in [3.8, 4) is 11.5 Å². The molecule has 0 saturated heterocycles. The zero-order chi connectivity index (χ0) is 12.0. The molecule has 0 radical (unpaired) electrons. The topological polar surface area (TPSA) is 44.5 Å². The summed E-state index contributed by atoms with van der Waals surface area (Å²) in [7, 11) is 1.59. The van der Waals surface area contributed by atoms with E-state index in [-0.39, 0.29) is 0 Å². The lowest BCUT2D eigenvalue weighted by Crippen LogP contribution is -2.07. The van der Waals surface area contributed by atoms with Crippen molar-refractivity contribution in [1.82, 2.24) is 0 Å². The molecule has 16 heavy (non-hydrogen) atoms. The highest BCUT2D eigenvalue weighted by atomic mass is 35.5. The van der Waals surface area contributed by atoms with Crippen LogP contribution in [0.3, 0.4) is 0 Å². The van der Waals surface area contributed by atoms with Crippen LogP contribution in [0.25, 0.3) is 0 Å². The quantitative estimate of drug-likeness (QED) is 0.800. The number of hydrogen-bond donors (Lipinski definition) is 1. The fourth-order valence-electron chi connectivity index (χ4n) is 1.32. The third-order valence-electron chi connectivity index (χ3n) is 2.07. The van der Waals surface area contributed by atoms with Gasteiger partial charge < -0.3 is 15.2 Å². The SMILES string of the molecule is COc1cc(Cl)cc(CN)c1OCCSC. The lowest BCUT2D eigenvalue weighted by molar-refractivity contribution is 0.310. The number of nitrogens with two attached hydrogens (primary N) is 1. The molecule has 0 amide bonds. The van der Waals surface area contributed by atoms with Crippen molar-refractivity contribution in [2.45, 2.75) is 6.54 Å². The summed E-state index contributed by atoms with van der Waals surface area (Å²) in [6.07, 6.45) is 2.03. The first-order chi connectivity index (χ1) is 7.72. The van der Waals surface area contributed by atoms with E-state index in [1.54, 1.807) is 31.0 Å². The maximum Gasteiger partial charge on any atom is 0.165 e. The van der Waals surface area contributed by atoms with Gasteiger partial charge >= 0.3 is 0 Å². The molecule has 1 rings (SSSR count). The molecule has 0 unspecified atom stereocenters. The molecule has 0 bridgehead atoms. The molecule has 3 nitrogen and oxygen atoms in total. The van der Waals surface area contributed by atoms with Gasteiger partial charge in [-0.1, -0.05) is 11.6 Å². The molecule has 0 aliphatic heterocycles. The number of ether oxygens (including phenoxy) is 2. The molecule has 0 fully saturated rings. The summed E-state index contributed by atoms with van der Waals surface area (Å²) >= 11 is 7.67. The van der Waals surface area contributed by atoms with Gasteiger partial charge in [-0.3, -0.25) is 0 Å². The smallest absolute Gasteiger partial charge is 0.165 e. The van der Waals surface area contributed by atoms with Crippen LogP contribution in [0.2, 0.25) is 5.02 Å². The predicted molar refractivity (Wildman–Crippen MR) is 69.8 cm³/mol. The fraction of sp³-hybridized carbons (Fsp3) is 0.455. The number of thioether (sulfide) groups is 1. The standard InChI is InChI=1S/C11H16ClNO2S/c1-14-10-6-9(12)5-8(7-13)11(10)15-3-4-16-2/h5-6H,3-4,7,13H2,1-2H3. The van der Waals surface area contributed by atoms with Crippen LogP contribution in [0.5, 0.6) is 11.5 Å². The highest BCUT2D eigenvalue weighted by Gasteiger charge is 2.11. The average Bonchev–Trinajstić information content (AvgIpc) is 2.30. The van der Waals surface area contributed by atoms with Crippen molar-refractivity contribution in [3.05, 3.63) is 22.7 Å². The van der Waals surface area contributed by atoms with E-state index in [1.165, 1.54) is 0 Å². The molecule has 1 aromatic rings. The van der Waals surface area contributed by atoms with Gasteiger partial charge in [0.2, 0.25) is 0 Å². The van der Waals surface area contributed by atoms with Gasteiger partial charge in [-0.05, 0) is 12.3 Å². The van der Waals surface area contributed by atoms with E-state index < -0.39 is 0 Å². The van der Waals surface area contributed by atoms with Crippen molar-refractivity contribution < 1.29 is 9.47 Å². The molecule has 0 heterocycles. The van der Waals surface area contributed by atoms with Gasteiger partial charge in [0, 0.05) is 29.0 Å². The monoisotopic (exact) mass is 261 g/mol. The molecule has 90 valence electrons. The Morgan fingerprint density at radius 1 is 1.44 bits per heavy atom. The molecule has 0 saturated carbocycles. The number of hydrogen-bond acceptors (Lipinski definition) is 4. The summed E-state index contributed by atoms with van der Waals surface area (Å²) in [5, 5.41) is 0.606. The molecule has 1 aromatic carbocycles. The van der Waals surface area contributed by atoms with Crippen LogP contribution >= 0.6 is 23.4 Å². The highest BCUT2D eigenvalue weighted by Crippen LogP contribution is 2.34. The second kappa shape index (κ2) is 6.89. The minimum atomic E-state index is 0.380. The van der Waals surface area contributed by atoms with Gasteiger partial charge in [-0.2, -0.15) is 11.8 Å². The Balaban J connectivity index is 2.93. The van der Waals surface area contributed by atoms with Crippen LogP contribution in [0.1, 0.15) is 5.56 Å². The largest absolute Gasteiger partial charge is 0.493 e. The van der Waals surface area contributed by atoms with Crippen LogP contribution < -0.4 is 15.2 Å². The molecule has 0 aliphatic rings. The second-order valence-electron chi connectivity index (χ2n) is 3.14. The first-order valence-corrected chi connectivity index (χ1v) is 6.68. The first-order valence-electron chi connectivity index (χ1n) is 4.91. The molecular formula is C11H16ClNO2S. The Morgan fingerprint density at radius 3 is 2.75 bits per heavy atom. The average molecular weight is 262 g/mol. The first kappa shape index (κ1) is 13.5. The number of methoxy groups -OCH3 is 1. The molecule has 0 aromatic heterocycles. The van der Waals surface area contributed by atoms with E-state index in [0.717, 1.165) is 11.3 Å². The summed E-state index contributed by atoms with van der Waals surface area (Å²) in [6.45, 7) is 1.01. The van der Waals surface area contributed by atoms with Crippen molar-refractivity contribution in [2.24, 2.45) is 5.73 Å². The van der Waals surface area contributed by atoms with Crippen LogP contribution in [0.15, 0.2) is 12.1 Å². The normalized spacial score (nSPS) is 10.2. The summed E-state index contributed by atoms with van der Waals surface area (Å²) < 4.78 is 10.9. The Kier molecular flexibility index (Phi) is 5.80. The van der Waals surface area contributed by atoms with Crippen LogP contribution in [0, 0.1) is 0 Å². The van der Waals surface area contributed by atoms with Gasteiger partial charge in [0.1, 0.15) is 0 Å². The Morgan fingerprint density at radius 2 is 2.19 bits per heavy atom. The van der Waals surface area contributed by atoms with Crippen LogP contribution in [-0.4, -0.2) is 25.7 Å². The molecule has 0 atom stereocenters. The predicted octanol–water partition coefficient (Wildman–Crippen LogP) is 2.55. The van der Waals surface area contributed by atoms with Gasteiger partial charge in [-0.25, -0.2) is 0 Å². The fourth-order valence-corrected chi connectivity index (χ4v) is 1.80. The number of rotatable bonds is 6. The van der Waals surface area contributed by atoms with E-state index in [9.17, 15) is 0 Å². The van der Waals surface area contributed by atoms with Crippen molar-refractivity contribution in [3.63, 3.8) is 0 Å². The Labute approximate surface area is 105 Å². The lowest BCUT2D eigenvalue weighted by atomic mass is 10.2. The summed E-state index contributed by atoms with van der Waals surface area (Å²) in [4.78, 5) is 0. The van der Waals surface area contributed by atoms with E-state index in [1.807, 2.05) is 6.26 Å². The zero-order valence-corrected chi connectivity index (χ0v) is 11.0. The third kappa shape index (κ3) is 3.47. The molecule has 0 aliphatic carbocycles. The Bertz CT molecular complexity index is 322. The minimum Gasteiger partial charge on any atom is -0.493 e. The maximum absolute atomic E-state index is 5.95. The number of benzene rings is 1. The summed E-state index contributed by atoms with van der Waals surface area (Å²) in [5.41, 5.74) is 6.51. The Hall–Kier alpha value is -0.580.